The van der Waals surface area contributed by atoms with Gasteiger partial charge < -0.3 is 15.4 Å². The fourth-order valence-electron chi connectivity index (χ4n) is 4.26. The van der Waals surface area contributed by atoms with Gasteiger partial charge in [0.15, 0.2) is 0 Å². The second-order valence-corrected chi connectivity index (χ2v) is 8.97. The molecule has 2 atom stereocenters. The van der Waals surface area contributed by atoms with Crippen LogP contribution in [0.2, 0.25) is 0 Å². The quantitative estimate of drug-likeness (QED) is 0.564. The standard InChI is InChI=1S/C23H23F6N3O4/c24-22(25,26)14-2-5-17-13(9-14)1-4-18(32-17)20(33)30-15-3-6-19(35-11-15)21(34)31-16-7-12(8-16)10-36-23(27,28)29/h1-2,4-5,9,12,15-16,19H,3,6-8,10-11H2,(H,30,33)(H,31,34)/t12-,15-,16+,19+/m0/s1. The van der Waals surface area contributed by atoms with E-state index in [1.54, 1.807) is 0 Å². The minimum atomic E-state index is -4.67. The van der Waals surface area contributed by atoms with Crippen LogP contribution >= 0.6 is 0 Å². The molecule has 2 aliphatic rings. The molecule has 36 heavy (non-hydrogen) atoms. The number of carbonyl (C=O) groups excluding carboxylic acids is 2. The fourth-order valence-corrected chi connectivity index (χ4v) is 4.26. The van der Waals surface area contributed by atoms with Crippen LogP contribution in [0.4, 0.5) is 26.3 Å². The van der Waals surface area contributed by atoms with Crippen molar-refractivity contribution in [2.24, 2.45) is 5.92 Å². The highest BCUT2D eigenvalue weighted by Crippen LogP contribution is 2.32. The molecule has 1 aromatic carbocycles. The van der Waals surface area contributed by atoms with Crippen LogP contribution in [-0.4, -0.2) is 54.6 Å². The van der Waals surface area contributed by atoms with E-state index in [0.717, 1.165) is 12.1 Å². The van der Waals surface area contributed by atoms with Gasteiger partial charge in [-0.1, -0.05) is 6.07 Å². The van der Waals surface area contributed by atoms with Gasteiger partial charge in [-0.15, -0.1) is 13.2 Å². The van der Waals surface area contributed by atoms with Crippen LogP contribution in [-0.2, 0) is 20.4 Å². The van der Waals surface area contributed by atoms with Crippen molar-refractivity contribution >= 4 is 22.7 Å². The van der Waals surface area contributed by atoms with E-state index in [4.69, 9.17) is 4.74 Å². The van der Waals surface area contributed by atoms with Crippen molar-refractivity contribution in [1.82, 2.24) is 15.6 Å². The zero-order valence-electron chi connectivity index (χ0n) is 18.8. The minimum absolute atomic E-state index is 0.0381. The lowest BCUT2D eigenvalue weighted by Gasteiger charge is -2.37. The van der Waals surface area contributed by atoms with Crippen molar-refractivity contribution < 1.29 is 45.4 Å². The Balaban J connectivity index is 1.21. The number of alkyl halides is 6. The van der Waals surface area contributed by atoms with Crippen molar-refractivity contribution in [1.29, 1.82) is 0 Å². The van der Waals surface area contributed by atoms with Gasteiger partial charge in [0.2, 0.25) is 5.91 Å². The summed E-state index contributed by atoms with van der Waals surface area (Å²) in [6.07, 6.45) is -8.32. The Morgan fingerprint density at radius 2 is 1.75 bits per heavy atom. The van der Waals surface area contributed by atoms with Crippen LogP contribution in [0.3, 0.4) is 0 Å². The van der Waals surface area contributed by atoms with Gasteiger partial charge in [-0.25, -0.2) is 4.98 Å². The van der Waals surface area contributed by atoms with Crippen LogP contribution < -0.4 is 10.6 Å². The molecule has 0 radical (unpaired) electrons. The summed E-state index contributed by atoms with van der Waals surface area (Å²) >= 11 is 0. The molecular weight excluding hydrogens is 496 g/mol. The summed E-state index contributed by atoms with van der Waals surface area (Å²) in [5.41, 5.74) is -0.522. The van der Waals surface area contributed by atoms with Crippen molar-refractivity contribution in [2.45, 2.75) is 56.4 Å². The average molecular weight is 519 g/mol. The second kappa shape index (κ2) is 10.2. The summed E-state index contributed by atoms with van der Waals surface area (Å²) in [7, 11) is 0. The molecular formula is C23H23F6N3O4. The predicted molar refractivity (Wildman–Crippen MR) is 114 cm³/mol. The molecule has 1 saturated heterocycles. The maximum atomic E-state index is 12.9. The lowest BCUT2D eigenvalue weighted by Crippen LogP contribution is -2.52. The van der Waals surface area contributed by atoms with Crippen molar-refractivity contribution in [3.63, 3.8) is 0 Å². The first-order valence-corrected chi connectivity index (χ1v) is 11.3. The van der Waals surface area contributed by atoms with Crippen LogP contribution in [0, 0.1) is 5.92 Å². The normalized spacial score (nSPS) is 24.7. The van der Waals surface area contributed by atoms with E-state index < -0.39 is 36.7 Å². The number of nitrogens with one attached hydrogen (secondary N) is 2. The van der Waals surface area contributed by atoms with Gasteiger partial charge in [-0.05, 0) is 55.9 Å². The van der Waals surface area contributed by atoms with E-state index in [1.165, 1.54) is 18.2 Å². The van der Waals surface area contributed by atoms with E-state index >= 15 is 0 Å². The van der Waals surface area contributed by atoms with Crippen LogP contribution in [0.15, 0.2) is 30.3 Å². The molecule has 0 spiro atoms. The molecule has 2 fully saturated rings. The number of benzene rings is 1. The molecule has 4 rings (SSSR count). The monoisotopic (exact) mass is 519 g/mol. The molecule has 2 amide bonds. The highest BCUT2D eigenvalue weighted by Gasteiger charge is 2.37. The second-order valence-electron chi connectivity index (χ2n) is 8.97. The van der Waals surface area contributed by atoms with Gasteiger partial charge in [0.1, 0.15) is 11.8 Å². The SMILES string of the molecule is O=C(N[C@H]1CC[C@H](C(=O)N[C@H]2C[C@@H](COC(F)(F)F)C2)OC1)c1ccc2cc(C(F)(F)F)ccc2n1. The van der Waals surface area contributed by atoms with Gasteiger partial charge in [0, 0.05) is 11.4 Å². The first kappa shape index (κ1) is 26.1. The van der Waals surface area contributed by atoms with Crippen molar-refractivity contribution in [3.8, 4) is 0 Å². The highest BCUT2D eigenvalue weighted by atomic mass is 19.4. The third kappa shape index (κ3) is 6.64. The van der Waals surface area contributed by atoms with E-state index in [2.05, 4.69) is 20.4 Å². The molecule has 196 valence electrons. The number of rotatable bonds is 6. The lowest BCUT2D eigenvalue weighted by atomic mass is 9.80. The molecule has 0 bridgehead atoms. The number of carbonyl (C=O) groups is 2. The Labute approximate surface area is 201 Å². The fraction of sp³-hybridized carbons (Fsp3) is 0.522. The summed E-state index contributed by atoms with van der Waals surface area (Å²) in [5, 5.41) is 5.75. The number of amides is 2. The summed E-state index contributed by atoms with van der Waals surface area (Å²) in [6.45, 7) is -0.364. The minimum Gasteiger partial charge on any atom is -0.366 e. The Morgan fingerprint density at radius 3 is 2.39 bits per heavy atom. The molecule has 13 heteroatoms. The van der Waals surface area contributed by atoms with Gasteiger partial charge in [0.25, 0.3) is 5.91 Å². The molecule has 7 nitrogen and oxygen atoms in total. The van der Waals surface area contributed by atoms with Gasteiger partial charge in [-0.2, -0.15) is 13.2 Å². The molecule has 1 aliphatic carbocycles. The third-order valence-electron chi connectivity index (χ3n) is 6.22. The summed E-state index contributed by atoms with van der Waals surface area (Å²) in [4.78, 5) is 29.1. The zero-order chi connectivity index (χ0) is 26.1. The van der Waals surface area contributed by atoms with E-state index in [9.17, 15) is 35.9 Å². The third-order valence-corrected chi connectivity index (χ3v) is 6.22. The number of hydrogen-bond donors (Lipinski definition) is 2. The molecule has 1 aliphatic heterocycles. The number of pyridine rings is 1. The van der Waals surface area contributed by atoms with Crippen LogP contribution in [0.5, 0.6) is 0 Å². The number of hydrogen-bond acceptors (Lipinski definition) is 5. The Kier molecular flexibility index (Phi) is 7.41. The number of fused-ring (bicyclic) bond motifs is 1. The topological polar surface area (TPSA) is 89.6 Å². The zero-order valence-corrected chi connectivity index (χ0v) is 18.8. The summed E-state index contributed by atoms with van der Waals surface area (Å²) in [5.74, 6) is -1.14. The predicted octanol–water partition coefficient (Wildman–Crippen LogP) is 3.96. The summed E-state index contributed by atoms with van der Waals surface area (Å²) in [6, 6.07) is 5.18. The van der Waals surface area contributed by atoms with Gasteiger partial charge in [-0.3, -0.25) is 14.3 Å². The maximum Gasteiger partial charge on any atom is 0.522 e. The van der Waals surface area contributed by atoms with Crippen LogP contribution in [0.25, 0.3) is 10.9 Å². The van der Waals surface area contributed by atoms with Gasteiger partial charge in [0.05, 0.1) is 30.3 Å². The number of halogens is 6. The molecule has 2 heterocycles. The largest absolute Gasteiger partial charge is 0.522 e. The van der Waals surface area contributed by atoms with E-state index in [1.807, 2.05) is 0 Å². The van der Waals surface area contributed by atoms with Crippen LogP contribution in [0.1, 0.15) is 41.7 Å². The molecule has 0 unspecified atom stereocenters. The summed E-state index contributed by atoms with van der Waals surface area (Å²) < 4.78 is 84.2. The Morgan fingerprint density at radius 1 is 1.00 bits per heavy atom. The van der Waals surface area contributed by atoms with Crippen molar-refractivity contribution in [2.75, 3.05) is 13.2 Å². The number of nitrogens with zero attached hydrogens (tertiary/aromatic N) is 1. The lowest BCUT2D eigenvalue weighted by molar-refractivity contribution is -0.330. The highest BCUT2D eigenvalue weighted by molar-refractivity contribution is 5.95. The Hall–Kier alpha value is -2.93. The smallest absolute Gasteiger partial charge is 0.366 e. The van der Waals surface area contributed by atoms with E-state index in [-0.39, 0.29) is 47.1 Å². The first-order valence-electron chi connectivity index (χ1n) is 11.3. The molecule has 2 aromatic rings. The van der Waals surface area contributed by atoms with Crippen molar-refractivity contribution in [3.05, 3.63) is 41.6 Å². The first-order chi connectivity index (χ1) is 16.9. The maximum absolute atomic E-state index is 12.9. The average Bonchev–Trinajstić information content (AvgIpc) is 2.78. The Bertz CT molecular complexity index is 1110. The van der Waals surface area contributed by atoms with E-state index in [0.29, 0.717) is 25.7 Å². The molecule has 2 N–H and O–H groups in total. The number of ether oxygens (including phenoxy) is 2. The number of aromatic nitrogens is 1. The van der Waals surface area contributed by atoms with Gasteiger partial charge >= 0.3 is 12.5 Å². The molecule has 1 saturated carbocycles. The molecule has 1 aromatic heterocycles.